The first-order chi connectivity index (χ1) is 9.66. The molecular formula is C16H20NO2S+. The van der Waals surface area contributed by atoms with Gasteiger partial charge < -0.3 is 4.90 Å². The number of Topliss-reactive ketones (excluding diaryl/α,β-unsaturated/α-hetero) is 1. The van der Waals surface area contributed by atoms with Gasteiger partial charge in [-0.1, -0.05) is 24.3 Å². The van der Waals surface area contributed by atoms with Crippen molar-refractivity contribution >= 4 is 22.6 Å². The van der Waals surface area contributed by atoms with Crippen LogP contribution >= 0.6 is 0 Å². The molecule has 2 aliphatic rings. The molecule has 3 nitrogen and oxygen atoms in total. The lowest BCUT2D eigenvalue weighted by molar-refractivity contribution is -0.128. The first-order valence-electron chi connectivity index (χ1n) is 7.21. The van der Waals surface area contributed by atoms with E-state index in [4.69, 9.17) is 0 Å². The van der Waals surface area contributed by atoms with Crippen molar-refractivity contribution in [3.63, 3.8) is 0 Å². The number of aryl methyl sites for hydroxylation is 1. The predicted molar refractivity (Wildman–Crippen MR) is 82.2 cm³/mol. The Hall–Kier alpha value is -1.29. The lowest BCUT2D eigenvalue weighted by Gasteiger charge is -2.30. The van der Waals surface area contributed by atoms with Gasteiger partial charge in [-0.15, -0.1) is 0 Å². The molecular weight excluding hydrogens is 270 g/mol. The zero-order valence-electron chi connectivity index (χ0n) is 11.8. The lowest BCUT2D eigenvalue weighted by atomic mass is 9.90. The Morgan fingerprint density at radius 2 is 1.95 bits per heavy atom. The van der Waals surface area contributed by atoms with Gasteiger partial charge in [-0.05, 0) is 12.0 Å². The molecule has 1 aliphatic carbocycles. The highest BCUT2D eigenvalue weighted by atomic mass is 32.2. The van der Waals surface area contributed by atoms with Gasteiger partial charge in [-0.3, -0.25) is 9.59 Å². The molecule has 20 heavy (non-hydrogen) atoms. The van der Waals surface area contributed by atoms with Crippen molar-refractivity contribution in [2.75, 3.05) is 24.6 Å². The van der Waals surface area contributed by atoms with Gasteiger partial charge in [0.05, 0.1) is 13.1 Å². The third-order valence-corrected chi connectivity index (χ3v) is 7.01. The van der Waals surface area contributed by atoms with Gasteiger partial charge in [0.25, 0.3) is 0 Å². The standard InChI is InChI=1S/C16H20NO2S/c1-12(18)17-8-10-20(11-9-17)15-7-6-13-4-2-3-5-14(13)16(15)19/h2-5,15H,6-11H2,1H3/q+1. The average molecular weight is 290 g/mol. The number of nitrogens with zero attached hydrogens (tertiary/aromatic N) is 1. The number of ketones is 1. The van der Waals surface area contributed by atoms with E-state index in [1.165, 1.54) is 5.56 Å². The van der Waals surface area contributed by atoms with E-state index in [2.05, 4.69) is 6.07 Å². The van der Waals surface area contributed by atoms with Crippen LogP contribution in [0, 0.1) is 0 Å². The Morgan fingerprint density at radius 1 is 1.25 bits per heavy atom. The van der Waals surface area contributed by atoms with Crippen molar-refractivity contribution in [1.82, 2.24) is 4.90 Å². The quantitative estimate of drug-likeness (QED) is 0.738. The molecule has 106 valence electrons. The first-order valence-corrected chi connectivity index (χ1v) is 8.83. The van der Waals surface area contributed by atoms with Crippen LogP contribution in [-0.2, 0) is 22.1 Å². The van der Waals surface area contributed by atoms with Crippen LogP contribution in [0.25, 0.3) is 0 Å². The van der Waals surface area contributed by atoms with Gasteiger partial charge >= 0.3 is 0 Å². The molecule has 3 rings (SSSR count). The summed E-state index contributed by atoms with van der Waals surface area (Å²) in [6.45, 7) is 3.28. The summed E-state index contributed by atoms with van der Waals surface area (Å²) in [5.74, 6) is 2.50. The second-order valence-corrected chi connectivity index (χ2v) is 7.96. The summed E-state index contributed by atoms with van der Waals surface area (Å²) in [7, 11) is 0.151. The minimum Gasteiger partial charge on any atom is -0.334 e. The van der Waals surface area contributed by atoms with E-state index < -0.39 is 0 Å². The summed E-state index contributed by atoms with van der Waals surface area (Å²) >= 11 is 0. The maximum absolute atomic E-state index is 12.7. The van der Waals surface area contributed by atoms with Crippen molar-refractivity contribution in [1.29, 1.82) is 0 Å². The minimum absolute atomic E-state index is 0.151. The monoisotopic (exact) mass is 290 g/mol. The molecule has 1 unspecified atom stereocenters. The van der Waals surface area contributed by atoms with Crippen molar-refractivity contribution < 1.29 is 9.59 Å². The summed E-state index contributed by atoms with van der Waals surface area (Å²) in [5, 5.41) is 0.194. The van der Waals surface area contributed by atoms with E-state index in [0.717, 1.165) is 43.0 Å². The van der Waals surface area contributed by atoms with Gasteiger partial charge in [-0.25, -0.2) is 0 Å². The third-order valence-electron chi connectivity index (χ3n) is 4.35. The van der Waals surface area contributed by atoms with Crippen LogP contribution in [0.4, 0.5) is 0 Å². The fourth-order valence-corrected chi connectivity index (χ4v) is 5.72. The van der Waals surface area contributed by atoms with Crippen LogP contribution in [0.1, 0.15) is 29.3 Å². The molecule has 0 bridgehead atoms. The van der Waals surface area contributed by atoms with Crippen molar-refractivity contribution in [2.24, 2.45) is 0 Å². The molecule has 1 aromatic carbocycles. The Kier molecular flexibility index (Phi) is 3.83. The molecule has 1 aromatic rings. The maximum Gasteiger partial charge on any atom is 0.219 e. The largest absolute Gasteiger partial charge is 0.334 e. The molecule has 1 fully saturated rings. The van der Waals surface area contributed by atoms with E-state index in [9.17, 15) is 9.59 Å². The number of carbonyl (C=O) groups excluding carboxylic acids is 2. The molecule has 0 spiro atoms. The van der Waals surface area contributed by atoms with Gasteiger partial charge in [0.15, 0.2) is 5.25 Å². The van der Waals surface area contributed by atoms with Crippen LogP contribution in [0.2, 0.25) is 0 Å². The fraction of sp³-hybridized carbons (Fsp3) is 0.500. The molecule has 0 N–H and O–H groups in total. The molecule has 1 amide bonds. The number of amides is 1. The molecule has 0 aromatic heterocycles. The predicted octanol–water partition coefficient (Wildman–Crippen LogP) is 1.66. The number of benzene rings is 1. The number of rotatable bonds is 1. The fourth-order valence-electron chi connectivity index (χ4n) is 3.16. The minimum atomic E-state index is 0.151. The van der Waals surface area contributed by atoms with Gasteiger partial charge in [0, 0.05) is 29.8 Å². The summed E-state index contributed by atoms with van der Waals surface area (Å²) in [5.41, 5.74) is 2.14. The van der Waals surface area contributed by atoms with Gasteiger partial charge in [0.2, 0.25) is 11.7 Å². The number of hydrogen-bond donors (Lipinski definition) is 0. The molecule has 0 saturated carbocycles. The van der Waals surface area contributed by atoms with E-state index in [0.29, 0.717) is 5.78 Å². The summed E-state index contributed by atoms with van der Waals surface area (Å²) in [6.07, 6.45) is 2.01. The van der Waals surface area contributed by atoms with Crippen molar-refractivity contribution in [2.45, 2.75) is 25.0 Å². The van der Waals surface area contributed by atoms with Crippen molar-refractivity contribution in [3.8, 4) is 0 Å². The van der Waals surface area contributed by atoms with Crippen LogP contribution in [0.5, 0.6) is 0 Å². The molecule has 0 radical (unpaired) electrons. The summed E-state index contributed by atoms with van der Waals surface area (Å²) in [6, 6.07) is 8.02. The van der Waals surface area contributed by atoms with Gasteiger partial charge in [-0.2, -0.15) is 0 Å². The smallest absolute Gasteiger partial charge is 0.219 e. The normalized spacial score (nSPS) is 23.6. The molecule has 4 heteroatoms. The molecule has 1 atom stereocenters. The Labute approximate surface area is 122 Å². The first kappa shape index (κ1) is 13.7. The van der Waals surface area contributed by atoms with Crippen LogP contribution < -0.4 is 0 Å². The maximum atomic E-state index is 12.7. The number of carbonyl (C=O) groups is 2. The molecule has 1 aliphatic heterocycles. The molecule has 1 saturated heterocycles. The SMILES string of the molecule is CC(=O)N1CC[S+](C2CCc3ccccc3C2=O)CC1. The number of fused-ring (bicyclic) bond motifs is 1. The second-order valence-electron chi connectivity index (χ2n) is 5.50. The van der Waals surface area contributed by atoms with E-state index in [-0.39, 0.29) is 22.1 Å². The molecule has 1 heterocycles. The Balaban J connectivity index is 1.71. The highest BCUT2D eigenvalue weighted by Crippen LogP contribution is 2.28. The van der Waals surface area contributed by atoms with E-state index in [1.807, 2.05) is 23.1 Å². The Bertz CT molecular complexity index is 535. The zero-order chi connectivity index (χ0) is 14.1. The topological polar surface area (TPSA) is 37.4 Å². The van der Waals surface area contributed by atoms with E-state index >= 15 is 0 Å². The summed E-state index contributed by atoms with van der Waals surface area (Å²) < 4.78 is 0. The third kappa shape index (κ3) is 2.49. The van der Waals surface area contributed by atoms with E-state index in [1.54, 1.807) is 6.92 Å². The van der Waals surface area contributed by atoms with Crippen LogP contribution in [0.3, 0.4) is 0 Å². The van der Waals surface area contributed by atoms with Crippen LogP contribution in [-0.4, -0.2) is 46.4 Å². The average Bonchev–Trinajstić information content (AvgIpc) is 2.48. The lowest BCUT2D eigenvalue weighted by Crippen LogP contribution is -2.49. The highest BCUT2D eigenvalue weighted by molar-refractivity contribution is 7.98. The van der Waals surface area contributed by atoms with Crippen LogP contribution in [0.15, 0.2) is 24.3 Å². The summed E-state index contributed by atoms with van der Waals surface area (Å²) in [4.78, 5) is 25.9. The zero-order valence-corrected chi connectivity index (χ0v) is 12.6. The Morgan fingerprint density at radius 3 is 2.65 bits per heavy atom. The van der Waals surface area contributed by atoms with Gasteiger partial charge in [0.1, 0.15) is 11.5 Å². The van der Waals surface area contributed by atoms with Crippen molar-refractivity contribution in [3.05, 3.63) is 35.4 Å². The second kappa shape index (κ2) is 5.60. The number of hydrogen-bond acceptors (Lipinski definition) is 2. The highest BCUT2D eigenvalue weighted by Gasteiger charge is 2.42.